The van der Waals surface area contributed by atoms with Gasteiger partial charge in [-0.1, -0.05) is 69.2 Å². The van der Waals surface area contributed by atoms with Crippen LogP contribution >= 0.6 is 0 Å². The van der Waals surface area contributed by atoms with E-state index in [-0.39, 0.29) is 17.9 Å². The fourth-order valence-corrected chi connectivity index (χ4v) is 3.71. The Morgan fingerprint density at radius 1 is 1.06 bits per heavy atom. The number of unbranched alkanes of at least 4 members (excludes halogenated alkanes) is 1. The summed E-state index contributed by atoms with van der Waals surface area (Å²) in [6.45, 7) is 5.20. The van der Waals surface area contributed by atoms with Gasteiger partial charge in [-0.05, 0) is 42.5 Å². The van der Waals surface area contributed by atoms with Crippen molar-refractivity contribution in [1.29, 1.82) is 0 Å². The van der Waals surface area contributed by atoms with E-state index in [1.54, 1.807) is 7.11 Å². The Bertz CT molecular complexity index is 766. The van der Waals surface area contributed by atoms with Crippen LogP contribution in [0.1, 0.15) is 50.7 Å². The molecule has 3 N–H and O–H groups in total. The summed E-state index contributed by atoms with van der Waals surface area (Å²) in [7, 11) is 1.65. The summed E-state index contributed by atoms with van der Waals surface area (Å²) in [5.74, 6) is 0.852. The van der Waals surface area contributed by atoms with Gasteiger partial charge < -0.3 is 20.5 Å². The quantitative estimate of drug-likeness (QED) is 0.426. The number of amides is 1. The molecule has 0 bridgehead atoms. The average molecular weight is 427 g/mol. The summed E-state index contributed by atoms with van der Waals surface area (Å²) in [6.07, 6.45) is 3.72. The zero-order chi connectivity index (χ0) is 22.5. The Labute approximate surface area is 187 Å². The van der Waals surface area contributed by atoms with Gasteiger partial charge in [0.15, 0.2) is 0 Å². The molecule has 2 aromatic rings. The van der Waals surface area contributed by atoms with Gasteiger partial charge >= 0.3 is 0 Å². The van der Waals surface area contributed by atoms with E-state index in [1.807, 2.05) is 54.6 Å². The average Bonchev–Trinajstić information content (AvgIpc) is 2.80. The van der Waals surface area contributed by atoms with Crippen LogP contribution in [0.4, 0.5) is 0 Å². The van der Waals surface area contributed by atoms with E-state index in [0.29, 0.717) is 19.5 Å². The lowest BCUT2D eigenvalue weighted by Crippen LogP contribution is -2.50. The molecule has 31 heavy (non-hydrogen) atoms. The SMILES string of the molecule is CCCCC(CC)C(=O)NC(Cc1ccccc1)C(O)CNCc1cccc(OC)c1. The van der Waals surface area contributed by atoms with Gasteiger partial charge in [-0.15, -0.1) is 0 Å². The van der Waals surface area contributed by atoms with Crippen LogP contribution in [0.5, 0.6) is 5.75 Å². The van der Waals surface area contributed by atoms with Crippen molar-refractivity contribution in [2.75, 3.05) is 13.7 Å². The van der Waals surface area contributed by atoms with E-state index >= 15 is 0 Å². The van der Waals surface area contributed by atoms with Crippen molar-refractivity contribution in [2.45, 2.75) is 64.6 Å². The lowest BCUT2D eigenvalue weighted by Gasteiger charge is -2.27. The van der Waals surface area contributed by atoms with Crippen LogP contribution < -0.4 is 15.4 Å². The molecule has 1 amide bonds. The van der Waals surface area contributed by atoms with Crippen molar-refractivity contribution >= 4 is 5.91 Å². The number of hydrogen-bond acceptors (Lipinski definition) is 4. The number of benzene rings is 2. The Morgan fingerprint density at radius 3 is 2.48 bits per heavy atom. The molecule has 3 atom stereocenters. The van der Waals surface area contributed by atoms with Gasteiger partial charge in [0.2, 0.25) is 5.91 Å². The van der Waals surface area contributed by atoms with Crippen molar-refractivity contribution < 1.29 is 14.6 Å². The molecular formula is C26H38N2O3. The highest BCUT2D eigenvalue weighted by Crippen LogP contribution is 2.15. The lowest BCUT2D eigenvalue weighted by atomic mass is 9.96. The third kappa shape index (κ3) is 8.72. The third-order valence-corrected chi connectivity index (χ3v) is 5.68. The lowest BCUT2D eigenvalue weighted by molar-refractivity contribution is -0.127. The molecule has 3 unspecified atom stereocenters. The maximum Gasteiger partial charge on any atom is 0.223 e. The van der Waals surface area contributed by atoms with Gasteiger partial charge in [0, 0.05) is 19.0 Å². The molecule has 0 saturated heterocycles. The van der Waals surface area contributed by atoms with Gasteiger partial charge in [-0.25, -0.2) is 0 Å². The number of carbonyl (C=O) groups excluding carboxylic acids is 1. The number of aliphatic hydroxyl groups excluding tert-OH is 1. The van der Waals surface area contributed by atoms with Gasteiger partial charge in [-0.2, -0.15) is 0 Å². The first-order valence-electron chi connectivity index (χ1n) is 11.4. The van der Waals surface area contributed by atoms with Crippen molar-refractivity contribution in [3.63, 3.8) is 0 Å². The summed E-state index contributed by atoms with van der Waals surface area (Å²) in [5, 5.41) is 17.4. The number of carbonyl (C=O) groups is 1. The Hall–Kier alpha value is -2.37. The molecule has 2 aromatic carbocycles. The van der Waals surface area contributed by atoms with Crippen LogP contribution in [0.25, 0.3) is 0 Å². The molecule has 0 fully saturated rings. The number of ether oxygens (including phenoxy) is 1. The molecule has 0 saturated carbocycles. The molecule has 170 valence electrons. The Balaban J connectivity index is 1.99. The predicted octanol–water partition coefficient (Wildman–Crippen LogP) is 4.09. The third-order valence-electron chi connectivity index (χ3n) is 5.68. The summed E-state index contributed by atoms with van der Waals surface area (Å²) in [6, 6.07) is 17.5. The summed E-state index contributed by atoms with van der Waals surface area (Å²) < 4.78 is 5.27. The second kappa shape index (κ2) is 13.8. The van der Waals surface area contributed by atoms with Crippen LogP contribution in [-0.2, 0) is 17.8 Å². The van der Waals surface area contributed by atoms with Crippen LogP contribution in [0.2, 0.25) is 0 Å². The van der Waals surface area contributed by atoms with Crippen LogP contribution in [0.15, 0.2) is 54.6 Å². The monoisotopic (exact) mass is 426 g/mol. The van der Waals surface area contributed by atoms with E-state index in [1.165, 1.54) is 0 Å². The zero-order valence-corrected chi connectivity index (χ0v) is 19.1. The molecule has 0 aromatic heterocycles. The van der Waals surface area contributed by atoms with Crippen LogP contribution in [-0.4, -0.2) is 36.8 Å². The molecule has 0 aliphatic rings. The first-order chi connectivity index (χ1) is 15.1. The van der Waals surface area contributed by atoms with E-state index in [9.17, 15) is 9.90 Å². The summed E-state index contributed by atoms with van der Waals surface area (Å²) in [5.41, 5.74) is 2.18. The molecule has 0 spiro atoms. The van der Waals surface area contributed by atoms with E-state index in [2.05, 4.69) is 24.5 Å². The number of rotatable bonds is 14. The normalized spacial score (nSPS) is 13.9. The molecule has 0 aliphatic carbocycles. The molecule has 0 aliphatic heterocycles. The summed E-state index contributed by atoms with van der Waals surface area (Å²) >= 11 is 0. The molecule has 0 heterocycles. The van der Waals surface area contributed by atoms with Gasteiger partial charge in [0.05, 0.1) is 19.3 Å². The molecule has 0 radical (unpaired) electrons. The van der Waals surface area contributed by atoms with Crippen LogP contribution in [0, 0.1) is 5.92 Å². The second-order valence-electron chi connectivity index (χ2n) is 8.10. The van der Waals surface area contributed by atoms with Crippen molar-refractivity contribution in [3.8, 4) is 5.75 Å². The fraction of sp³-hybridized carbons (Fsp3) is 0.500. The Kier molecular flexibility index (Phi) is 11.1. The van der Waals surface area contributed by atoms with E-state index < -0.39 is 6.10 Å². The second-order valence-corrected chi connectivity index (χ2v) is 8.10. The predicted molar refractivity (Wildman–Crippen MR) is 126 cm³/mol. The minimum absolute atomic E-state index is 0.00448. The van der Waals surface area contributed by atoms with Crippen molar-refractivity contribution in [1.82, 2.24) is 10.6 Å². The number of hydrogen-bond donors (Lipinski definition) is 3. The minimum atomic E-state index is -0.696. The Morgan fingerprint density at radius 2 is 1.81 bits per heavy atom. The van der Waals surface area contributed by atoms with Gasteiger partial charge in [0.1, 0.15) is 5.75 Å². The standard InChI is InChI=1S/C26H38N2O3/c1-4-6-14-22(5-2)26(30)28-24(17-20-11-8-7-9-12-20)25(29)19-27-18-21-13-10-15-23(16-21)31-3/h7-13,15-16,22,24-25,27,29H,4-6,14,17-19H2,1-3H3,(H,28,30). The van der Waals surface area contributed by atoms with Crippen molar-refractivity contribution in [3.05, 3.63) is 65.7 Å². The minimum Gasteiger partial charge on any atom is -0.497 e. The summed E-state index contributed by atoms with van der Waals surface area (Å²) in [4.78, 5) is 12.9. The highest BCUT2D eigenvalue weighted by Gasteiger charge is 2.25. The van der Waals surface area contributed by atoms with Crippen molar-refractivity contribution in [2.24, 2.45) is 5.92 Å². The fourth-order valence-electron chi connectivity index (χ4n) is 3.71. The number of nitrogens with one attached hydrogen (secondary N) is 2. The number of methoxy groups -OCH3 is 1. The highest BCUT2D eigenvalue weighted by atomic mass is 16.5. The molecule has 5 heteroatoms. The first kappa shape index (κ1) is 24.9. The molecule has 5 nitrogen and oxygen atoms in total. The topological polar surface area (TPSA) is 70.6 Å². The van der Waals surface area contributed by atoms with E-state index in [0.717, 1.165) is 42.6 Å². The van der Waals surface area contributed by atoms with Crippen LogP contribution in [0.3, 0.4) is 0 Å². The largest absolute Gasteiger partial charge is 0.497 e. The molecule has 2 rings (SSSR count). The number of aliphatic hydroxyl groups is 1. The van der Waals surface area contributed by atoms with Gasteiger partial charge in [-0.3, -0.25) is 4.79 Å². The maximum absolute atomic E-state index is 12.9. The highest BCUT2D eigenvalue weighted by molar-refractivity contribution is 5.79. The van der Waals surface area contributed by atoms with Gasteiger partial charge in [0.25, 0.3) is 0 Å². The smallest absolute Gasteiger partial charge is 0.223 e. The molecular weight excluding hydrogens is 388 g/mol. The zero-order valence-electron chi connectivity index (χ0n) is 19.1. The van der Waals surface area contributed by atoms with E-state index in [4.69, 9.17) is 4.74 Å². The first-order valence-corrected chi connectivity index (χ1v) is 11.4. The maximum atomic E-state index is 12.9.